The summed E-state index contributed by atoms with van der Waals surface area (Å²) in [6, 6.07) is 0.651. The Balaban J connectivity index is 1.57. The van der Waals surface area contributed by atoms with E-state index in [0.29, 0.717) is 12.0 Å². The summed E-state index contributed by atoms with van der Waals surface area (Å²) in [4.78, 5) is 4.41. The first kappa shape index (κ1) is 11.0. The molecule has 3 aliphatic rings. The number of hydrogen-bond donors (Lipinski definition) is 1. The Kier molecular flexibility index (Phi) is 2.51. The fourth-order valence-electron chi connectivity index (χ4n) is 4.56. The highest BCUT2D eigenvalue weighted by atomic mass is 15.1. The van der Waals surface area contributed by atoms with Crippen LogP contribution in [-0.4, -0.2) is 22.6 Å². The zero-order valence-electron chi connectivity index (χ0n) is 11.2. The van der Waals surface area contributed by atoms with Crippen LogP contribution in [0.3, 0.4) is 0 Å². The Morgan fingerprint density at radius 2 is 2.22 bits per heavy atom. The van der Waals surface area contributed by atoms with Gasteiger partial charge in [-0.15, -0.1) is 0 Å². The molecule has 1 N–H and O–H groups in total. The highest BCUT2D eigenvalue weighted by molar-refractivity contribution is 5.13. The molecule has 1 aromatic heterocycles. The minimum absolute atomic E-state index is 0.651. The number of hydrogen-bond acceptors (Lipinski definition) is 2. The molecule has 2 heterocycles. The van der Waals surface area contributed by atoms with Gasteiger partial charge in [-0.05, 0) is 43.9 Å². The Hall–Kier alpha value is -0.830. The molecule has 3 fully saturated rings. The van der Waals surface area contributed by atoms with Gasteiger partial charge < -0.3 is 9.88 Å². The molecule has 1 saturated heterocycles. The van der Waals surface area contributed by atoms with Gasteiger partial charge in [0.2, 0.25) is 0 Å². The largest absolute Gasteiger partial charge is 0.331 e. The van der Waals surface area contributed by atoms with Crippen molar-refractivity contribution in [3.8, 4) is 0 Å². The quantitative estimate of drug-likeness (QED) is 0.887. The summed E-state index contributed by atoms with van der Waals surface area (Å²) in [5.41, 5.74) is 1.46. The second-order valence-electron chi connectivity index (χ2n) is 6.66. The lowest BCUT2D eigenvalue weighted by molar-refractivity contribution is 0.235. The van der Waals surface area contributed by atoms with Crippen molar-refractivity contribution in [3.63, 3.8) is 0 Å². The number of imidazole rings is 1. The van der Waals surface area contributed by atoms with E-state index in [4.69, 9.17) is 0 Å². The minimum atomic E-state index is 0.651. The molecule has 1 aliphatic heterocycles. The van der Waals surface area contributed by atoms with Gasteiger partial charge in [0.15, 0.2) is 0 Å². The van der Waals surface area contributed by atoms with Gasteiger partial charge in [-0.2, -0.15) is 0 Å². The predicted molar refractivity (Wildman–Crippen MR) is 71.5 cm³/mol. The van der Waals surface area contributed by atoms with Crippen LogP contribution in [-0.2, 0) is 0 Å². The second kappa shape index (κ2) is 4.09. The van der Waals surface area contributed by atoms with Crippen molar-refractivity contribution in [1.82, 2.24) is 14.9 Å². The lowest BCUT2D eigenvalue weighted by Gasteiger charge is -2.33. The first-order chi connectivity index (χ1) is 8.83. The summed E-state index contributed by atoms with van der Waals surface area (Å²) in [6.45, 7) is 4.69. The minimum Gasteiger partial charge on any atom is -0.331 e. The lowest BCUT2D eigenvalue weighted by atomic mass is 9.83. The van der Waals surface area contributed by atoms with Crippen molar-refractivity contribution >= 4 is 0 Å². The van der Waals surface area contributed by atoms with Crippen LogP contribution < -0.4 is 5.32 Å². The van der Waals surface area contributed by atoms with E-state index in [-0.39, 0.29) is 0 Å². The van der Waals surface area contributed by atoms with E-state index >= 15 is 0 Å². The van der Waals surface area contributed by atoms with Gasteiger partial charge in [0.25, 0.3) is 0 Å². The Morgan fingerprint density at radius 1 is 1.33 bits per heavy atom. The number of nitrogens with zero attached hydrogens (tertiary/aromatic N) is 2. The van der Waals surface area contributed by atoms with Gasteiger partial charge in [-0.3, -0.25) is 0 Å². The van der Waals surface area contributed by atoms with E-state index in [9.17, 15) is 0 Å². The van der Waals surface area contributed by atoms with Crippen molar-refractivity contribution in [1.29, 1.82) is 0 Å². The normalized spacial score (nSPS) is 36.8. The Morgan fingerprint density at radius 3 is 2.83 bits per heavy atom. The van der Waals surface area contributed by atoms with E-state index in [0.717, 1.165) is 30.8 Å². The zero-order chi connectivity index (χ0) is 12.1. The second-order valence-corrected chi connectivity index (χ2v) is 6.66. The highest BCUT2D eigenvalue weighted by Crippen LogP contribution is 2.52. The number of nitrogens with one attached hydrogen (secondary N) is 1. The standard InChI is InChI=1S/C15H23N3/c1-10(14-5-11-2-3-12(14)4-11)18-9-17-8-15(18)13-6-16-7-13/h8-14,16H,2-7H2,1H3. The van der Waals surface area contributed by atoms with Gasteiger partial charge in [0.05, 0.1) is 6.33 Å². The maximum absolute atomic E-state index is 4.41. The third kappa shape index (κ3) is 1.56. The monoisotopic (exact) mass is 245 g/mol. The summed E-state index contributed by atoms with van der Waals surface area (Å²) in [5.74, 6) is 3.65. The molecule has 0 amide bonds. The van der Waals surface area contributed by atoms with Crippen molar-refractivity contribution in [3.05, 3.63) is 18.2 Å². The molecule has 18 heavy (non-hydrogen) atoms. The molecule has 2 aliphatic carbocycles. The summed E-state index contributed by atoms with van der Waals surface area (Å²) < 4.78 is 2.48. The molecule has 3 heteroatoms. The van der Waals surface area contributed by atoms with Crippen LogP contribution in [0.4, 0.5) is 0 Å². The van der Waals surface area contributed by atoms with Crippen LogP contribution in [0.5, 0.6) is 0 Å². The molecule has 0 aromatic carbocycles. The van der Waals surface area contributed by atoms with E-state index in [2.05, 4.69) is 34.3 Å². The molecule has 2 saturated carbocycles. The van der Waals surface area contributed by atoms with Crippen LogP contribution in [0.25, 0.3) is 0 Å². The van der Waals surface area contributed by atoms with Gasteiger partial charge in [0, 0.05) is 36.9 Å². The van der Waals surface area contributed by atoms with Crippen molar-refractivity contribution < 1.29 is 0 Å². The molecule has 4 atom stereocenters. The summed E-state index contributed by atoms with van der Waals surface area (Å²) in [6.07, 6.45) is 10.1. The first-order valence-electron chi connectivity index (χ1n) is 7.55. The van der Waals surface area contributed by atoms with Gasteiger partial charge in [0.1, 0.15) is 0 Å². The maximum atomic E-state index is 4.41. The highest BCUT2D eigenvalue weighted by Gasteiger charge is 2.42. The number of rotatable bonds is 3. The van der Waals surface area contributed by atoms with Crippen LogP contribution in [0.1, 0.15) is 50.3 Å². The van der Waals surface area contributed by atoms with Crippen LogP contribution in [0, 0.1) is 17.8 Å². The first-order valence-corrected chi connectivity index (χ1v) is 7.55. The summed E-state index contributed by atoms with van der Waals surface area (Å²) in [5, 5.41) is 3.37. The van der Waals surface area contributed by atoms with E-state index < -0.39 is 0 Å². The Bertz CT molecular complexity index is 435. The smallest absolute Gasteiger partial charge is 0.0950 e. The van der Waals surface area contributed by atoms with E-state index in [1.807, 2.05) is 0 Å². The van der Waals surface area contributed by atoms with Crippen LogP contribution in [0.15, 0.2) is 12.5 Å². The van der Waals surface area contributed by atoms with Gasteiger partial charge in [-0.25, -0.2) is 4.98 Å². The average Bonchev–Trinajstić information content (AvgIpc) is 3.00. The molecule has 4 unspecified atom stereocenters. The lowest BCUT2D eigenvalue weighted by Crippen LogP contribution is -2.41. The molecule has 2 bridgehead atoms. The van der Waals surface area contributed by atoms with E-state index in [1.165, 1.54) is 31.4 Å². The molecule has 1 aromatic rings. The zero-order valence-corrected chi connectivity index (χ0v) is 11.2. The van der Waals surface area contributed by atoms with Crippen molar-refractivity contribution in [2.45, 2.75) is 44.6 Å². The fraction of sp³-hybridized carbons (Fsp3) is 0.800. The fourth-order valence-corrected chi connectivity index (χ4v) is 4.56. The van der Waals surface area contributed by atoms with Gasteiger partial charge in [-0.1, -0.05) is 6.42 Å². The molecule has 0 radical (unpaired) electrons. The van der Waals surface area contributed by atoms with E-state index in [1.54, 1.807) is 0 Å². The van der Waals surface area contributed by atoms with Crippen LogP contribution in [0.2, 0.25) is 0 Å². The average molecular weight is 245 g/mol. The topological polar surface area (TPSA) is 29.9 Å². The summed E-state index contributed by atoms with van der Waals surface area (Å²) in [7, 11) is 0. The van der Waals surface area contributed by atoms with Gasteiger partial charge >= 0.3 is 0 Å². The third-order valence-corrected chi connectivity index (χ3v) is 5.75. The maximum Gasteiger partial charge on any atom is 0.0950 e. The SMILES string of the molecule is CC(C1CC2CCC1C2)n1cncc1C1CNC1. The molecule has 0 spiro atoms. The van der Waals surface area contributed by atoms with Crippen LogP contribution >= 0.6 is 0 Å². The molecule has 4 rings (SSSR count). The molecular weight excluding hydrogens is 222 g/mol. The third-order valence-electron chi connectivity index (χ3n) is 5.75. The number of fused-ring (bicyclic) bond motifs is 2. The predicted octanol–water partition coefficient (Wildman–Crippen LogP) is 2.57. The number of aromatic nitrogens is 2. The molecule has 3 nitrogen and oxygen atoms in total. The molecule has 98 valence electrons. The van der Waals surface area contributed by atoms with Crippen molar-refractivity contribution in [2.24, 2.45) is 17.8 Å². The van der Waals surface area contributed by atoms with Crippen molar-refractivity contribution in [2.75, 3.05) is 13.1 Å². The molecular formula is C15H23N3. The Labute approximate surface area is 109 Å². The summed E-state index contributed by atoms with van der Waals surface area (Å²) >= 11 is 0.